The maximum Gasteiger partial charge on any atom is 0.191 e. The highest BCUT2D eigenvalue weighted by molar-refractivity contribution is 14.0. The minimum absolute atomic E-state index is 0. The summed E-state index contributed by atoms with van der Waals surface area (Å²) in [6.07, 6.45) is 0. The van der Waals surface area contributed by atoms with Gasteiger partial charge in [-0.1, -0.05) is 42.8 Å². The SMILES string of the molecule is CN=C(NCc1ccc(C)cc1)NCC(C)c1cccs1.I. The fourth-order valence-electron chi connectivity index (χ4n) is 2.03. The first kappa shape index (κ1) is 19.0. The number of aliphatic imine (C=N–C) groups is 1. The van der Waals surface area contributed by atoms with Gasteiger partial charge in [-0.2, -0.15) is 0 Å². The summed E-state index contributed by atoms with van der Waals surface area (Å²) in [5, 5.41) is 8.85. The second kappa shape index (κ2) is 9.84. The van der Waals surface area contributed by atoms with Crippen LogP contribution in [0, 0.1) is 6.92 Å². The second-order valence-corrected chi connectivity index (χ2v) is 6.19. The Kier molecular flexibility index (Phi) is 8.48. The van der Waals surface area contributed by atoms with Crippen LogP contribution in [0.5, 0.6) is 0 Å². The molecule has 0 aliphatic rings. The van der Waals surface area contributed by atoms with Crippen molar-refractivity contribution in [2.24, 2.45) is 4.99 Å². The lowest BCUT2D eigenvalue weighted by Gasteiger charge is -2.15. The van der Waals surface area contributed by atoms with Crippen LogP contribution in [0.25, 0.3) is 0 Å². The third-order valence-corrected chi connectivity index (χ3v) is 4.51. The molecule has 0 amide bonds. The standard InChI is InChI=1S/C17H23N3S.HI/c1-13-6-8-15(9-7-13)12-20-17(18-3)19-11-14(2)16-5-4-10-21-16;/h4-10,14H,11-12H2,1-3H3,(H2,18,19,20);1H. The van der Waals surface area contributed by atoms with Crippen LogP contribution in [0.2, 0.25) is 0 Å². The largest absolute Gasteiger partial charge is 0.356 e. The molecule has 1 aromatic carbocycles. The smallest absolute Gasteiger partial charge is 0.191 e. The molecule has 1 unspecified atom stereocenters. The third-order valence-electron chi connectivity index (χ3n) is 3.41. The van der Waals surface area contributed by atoms with Crippen molar-refractivity contribution in [3.8, 4) is 0 Å². The highest BCUT2D eigenvalue weighted by Gasteiger charge is 2.07. The molecule has 0 aliphatic carbocycles. The zero-order valence-corrected chi connectivity index (χ0v) is 16.4. The third kappa shape index (κ3) is 5.96. The molecule has 1 aromatic heterocycles. The molecule has 0 aliphatic heterocycles. The summed E-state index contributed by atoms with van der Waals surface area (Å²) >= 11 is 1.80. The predicted octanol–water partition coefficient (Wildman–Crippen LogP) is 4.14. The number of hydrogen-bond donors (Lipinski definition) is 2. The van der Waals surface area contributed by atoms with E-state index in [-0.39, 0.29) is 24.0 Å². The summed E-state index contributed by atoms with van der Waals surface area (Å²) in [7, 11) is 1.81. The lowest BCUT2D eigenvalue weighted by atomic mass is 10.1. The van der Waals surface area contributed by atoms with Crippen molar-refractivity contribution in [1.82, 2.24) is 10.6 Å². The van der Waals surface area contributed by atoms with Gasteiger partial charge in [-0.3, -0.25) is 4.99 Å². The van der Waals surface area contributed by atoms with Crippen molar-refractivity contribution >= 4 is 41.3 Å². The molecule has 1 heterocycles. The summed E-state index contributed by atoms with van der Waals surface area (Å²) in [6, 6.07) is 12.8. The fourth-order valence-corrected chi connectivity index (χ4v) is 2.82. The number of guanidine groups is 1. The monoisotopic (exact) mass is 429 g/mol. The number of halogens is 1. The Balaban J connectivity index is 0.00000242. The molecule has 0 fully saturated rings. The molecule has 2 aromatic rings. The topological polar surface area (TPSA) is 36.4 Å². The molecule has 0 saturated heterocycles. The van der Waals surface area contributed by atoms with Gasteiger partial charge in [0, 0.05) is 30.9 Å². The number of benzene rings is 1. The molecule has 1 atom stereocenters. The first-order chi connectivity index (χ1) is 10.2. The molecule has 0 spiro atoms. The molecule has 0 radical (unpaired) electrons. The van der Waals surface area contributed by atoms with E-state index >= 15 is 0 Å². The van der Waals surface area contributed by atoms with Gasteiger partial charge >= 0.3 is 0 Å². The van der Waals surface area contributed by atoms with Crippen molar-refractivity contribution in [2.75, 3.05) is 13.6 Å². The number of hydrogen-bond acceptors (Lipinski definition) is 2. The number of rotatable bonds is 5. The molecule has 3 nitrogen and oxygen atoms in total. The van der Waals surface area contributed by atoms with Crippen LogP contribution in [-0.2, 0) is 6.54 Å². The first-order valence-corrected chi connectivity index (χ1v) is 8.10. The Bertz CT molecular complexity index is 564. The Hall–Kier alpha value is -1.08. The van der Waals surface area contributed by atoms with Crippen LogP contribution < -0.4 is 10.6 Å². The number of thiophene rings is 1. The van der Waals surface area contributed by atoms with Crippen LogP contribution in [0.1, 0.15) is 28.8 Å². The predicted molar refractivity (Wildman–Crippen MR) is 108 cm³/mol. The Morgan fingerprint density at radius 2 is 1.91 bits per heavy atom. The van der Waals surface area contributed by atoms with Crippen LogP contribution in [0.4, 0.5) is 0 Å². The van der Waals surface area contributed by atoms with Gasteiger partial charge in [0.25, 0.3) is 0 Å². The van der Waals surface area contributed by atoms with Crippen LogP contribution in [0.3, 0.4) is 0 Å². The van der Waals surface area contributed by atoms with Crippen molar-refractivity contribution in [3.63, 3.8) is 0 Å². The summed E-state index contributed by atoms with van der Waals surface area (Å²) < 4.78 is 0. The number of nitrogens with zero attached hydrogens (tertiary/aromatic N) is 1. The average Bonchev–Trinajstić information content (AvgIpc) is 3.03. The first-order valence-electron chi connectivity index (χ1n) is 7.22. The minimum atomic E-state index is 0. The van der Waals surface area contributed by atoms with Crippen LogP contribution in [-0.4, -0.2) is 19.6 Å². The van der Waals surface area contributed by atoms with Crippen LogP contribution >= 0.6 is 35.3 Å². The van der Waals surface area contributed by atoms with E-state index in [9.17, 15) is 0 Å². The highest BCUT2D eigenvalue weighted by atomic mass is 127. The average molecular weight is 429 g/mol. The molecule has 0 bridgehead atoms. The summed E-state index contributed by atoms with van der Waals surface area (Å²) in [5.74, 6) is 1.34. The molecule has 5 heteroatoms. The zero-order valence-electron chi connectivity index (χ0n) is 13.3. The Labute approximate surface area is 154 Å². The maximum atomic E-state index is 4.27. The number of aryl methyl sites for hydroxylation is 1. The molecule has 120 valence electrons. The zero-order chi connectivity index (χ0) is 15.1. The van der Waals surface area contributed by atoms with E-state index in [4.69, 9.17) is 0 Å². The fraction of sp³-hybridized carbons (Fsp3) is 0.353. The highest BCUT2D eigenvalue weighted by Crippen LogP contribution is 2.19. The normalized spacial score (nSPS) is 12.4. The Morgan fingerprint density at radius 3 is 2.50 bits per heavy atom. The van der Waals surface area contributed by atoms with Gasteiger partial charge < -0.3 is 10.6 Å². The van der Waals surface area contributed by atoms with Crippen molar-refractivity contribution in [2.45, 2.75) is 26.3 Å². The molecule has 2 N–H and O–H groups in total. The van der Waals surface area contributed by atoms with E-state index in [1.54, 1.807) is 18.4 Å². The molecular weight excluding hydrogens is 405 g/mol. The van der Waals surface area contributed by atoms with E-state index < -0.39 is 0 Å². The van der Waals surface area contributed by atoms with Crippen molar-refractivity contribution < 1.29 is 0 Å². The van der Waals surface area contributed by atoms with Gasteiger partial charge in [0.05, 0.1) is 0 Å². The lowest BCUT2D eigenvalue weighted by Crippen LogP contribution is -2.38. The molecule has 2 rings (SSSR count). The maximum absolute atomic E-state index is 4.27. The molecular formula is C17H24IN3S. The van der Waals surface area contributed by atoms with E-state index in [1.165, 1.54) is 16.0 Å². The van der Waals surface area contributed by atoms with Crippen LogP contribution in [0.15, 0.2) is 46.8 Å². The Morgan fingerprint density at radius 1 is 1.18 bits per heavy atom. The summed E-state index contributed by atoms with van der Waals surface area (Å²) in [5.41, 5.74) is 2.54. The quantitative estimate of drug-likeness (QED) is 0.426. The van der Waals surface area contributed by atoms with Gasteiger partial charge in [0.1, 0.15) is 0 Å². The molecule has 22 heavy (non-hydrogen) atoms. The number of nitrogens with one attached hydrogen (secondary N) is 2. The van der Waals surface area contributed by atoms with Crippen molar-refractivity contribution in [1.29, 1.82) is 0 Å². The lowest BCUT2D eigenvalue weighted by molar-refractivity contribution is 0.708. The van der Waals surface area contributed by atoms with E-state index in [1.807, 2.05) is 0 Å². The summed E-state index contributed by atoms with van der Waals surface area (Å²) in [6.45, 7) is 6.00. The second-order valence-electron chi connectivity index (χ2n) is 5.21. The van der Waals surface area contributed by atoms with Gasteiger partial charge in [-0.05, 0) is 23.9 Å². The van der Waals surface area contributed by atoms with E-state index in [2.05, 4.69) is 71.3 Å². The molecule has 0 saturated carbocycles. The minimum Gasteiger partial charge on any atom is -0.356 e. The van der Waals surface area contributed by atoms with Gasteiger partial charge in [0.2, 0.25) is 0 Å². The van der Waals surface area contributed by atoms with Gasteiger partial charge in [0.15, 0.2) is 5.96 Å². The van der Waals surface area contributed by atoms with Crippen molar-refractivity contribution in [3.05, 3.63) is 57.8 Å². The summed E-state index contributed by atoms with van der Waals surface area (Å²) in [4.78, 5) is 5.67. The van der Waals surface area contributed by atoms with Gasteiger partial charge in [-0.25, -0.2) is 0 Å². The van der Waals surface area contributed by atoms with E-state index in [0.29, 0.717) is 5.92 Å². The van der Waals surface area contributed by atoms with Gasteiger partial charge in [-0.15, -0.1) is 35.3 Å². The van der Waals surface area contributed by atoms with E-state index in [0.717, 1.165) is 19.0 Å².